The van der Waals surface area contributed by atoms with E-state index < -0.39 is 11.5 Å². The third kappa shape index (κ3) is 3.21. The van der Waals surface area contributed by atoms with Gasteiger partial charge in [-0.05, 0) is 34.7 Å². The van der Waals surface area contributed by atoms with Crippen LogP contribution in [0.5, 0.6) is 0 Å². The summed E-state index contributed by atoms with van der Waals surface area (Å²) < 4.78 is 0. The molecule has 1 aromatic heterocycles. The first-order chi connectivity index (χ1) is 11.1. The van der Waals surface area contributed by atoms with Crippen LogP contribution in [-0.4, -0.2) is 16.1 Å². The van der Waals surface area contributed by atoms with Gasteiger partial charge >= 0.3 is 5.97 Å². The lowest BCUT2D eigenvalue weighted by Crippen LogP contribution is -2.19. The molecule has 3 rings (SSSR count). The Kier molecular flexibility index (Phi) is 4.06. The van der Waals surface area contributed by atoms with Crippen LogP contribution in [0.1, 0.15) is 21.5 Å². The normalized spacial score (nSPS) is 10.4. The van der Waals surface area contributed by atoms with Crippen LogP contribution < -0.4 is 5.56 Å². The maximum Gasteiger partial charge on any atom is 0.341 e. The smallest absolute Gasteiger partial charge is 0.341 e. The van der Waals surface area contributed by atoms with Crippen molar-refractivity contribution in [2.24, 2.45) is 0 Å². The summed E-state index contributed by atoms with van der Waals surface area (Å²) in [7, 11) is 0. The van der Waals surface area contributed by atoms with E-state index in [-0.39, 0.29) is 5.56 Å². The molecule has 0 amide bonds. The van der Waals surface area contributed by atoms with E-state index >= 15 is 0 Å². The molecule has 23 heavy (non-hydrogen) atoms. The number of hydrogen-bond acceptors (Lipinski definition) is 2. The van der Waals surface area contributed by atoms with Gasteiger partial charge in [0, 0.05) is 6.20 Å². The highest BCUT2D eigenvalue weighted by Gasteiger charge is 2.14. The maximum absolute atomic E-state index is 11.7. The van der Waals surface area contributed by atoms with E-state index in [0.29, 0.717) is 12.0 Å². The molecular weight excluding hydrogens is 290 g/mol. The highest BCUT2D eigenvalue weighted by molar-refractivity contribution is 5.89. The molecule has 0 aliphatic carbocycles. The summed E-state index contributed by atoms with van der Waals surface area (Å²) in [6.07, 6.45) is 1.88. The van der Waals surface area contributed by atoms with Gasteiger partial charge in [0.1, 0.15) is 5.56 Å². The predicted octanol–water partition coefficient (Wildman–Crippen LogP) is 3.33. The molecule has 3 aromatic rings. The standard InChI is InChI=1S/C19H15NO3/c21-18-17(19(22)23)16(10-11-20-18)12-13-6-8-15(9-7-13)14-4-2-1-3-5-14/h1-11H,12H2,(H,20,21)(H,22,23). The minimum absolute atomic E-state index is 0.195. The molecule has 2 aromatic carbocycles. The number of pyridine rings is 1. The topological polar surface area (TPSA) is 70.2 Å². The van der Waals surface area contributed by atoms with Gasteiger partial charge < -0.3 is 10.1 Å². The first-order valence-corrected chi connectivity index (χ1v) is 7.23. The Morgan fingerprint density at radius 3 is 2.22 bits per heavy atom. The number of carboxylic acid groups (broad SMARTS) is 1. The highest BCUT2D eigenvalue weighted by Crippen LogP contribution is 2.20. The third-order valence-electron chi connectivity index (χ3n) is 3.72. The Balaban J connectivity index is 1.89. The van der Waals surface area contributed by atoms with E-state index in [1.165, 1.54) is 6.20 Å². The first-order valence-electron chi connectivity index (χ1n) is 7.23. The van der Waals surface area contributed by atoms with Crippen LogP contribution in [0.3, 0.4) is 0 Å². The van der Waals surface area contributed by atoms with Crippen LogP contribution in [0.4, 0.5) is 0 Å². The van der Waals surface area contributed by atoms with Crippen LogP contribution >= 0.6 is 0 Å². The Labute approximate surface area is 133 Å². The van der Waals surface area contributed by atoms with Crippen LogP contribution in [0.25, 0.3) is 11.1 Å². The molecule has 4 nitrogen and oxygen atoms in total. The van der Waals surface area contributed by atoms with Gasteiger partial charge in [-0.15, -0.1) is 0 Å². The lowest BCUT2D eigenvalue weighted by Gasteiger charge is -2.07. The van der Waals surface area contributed by atoms with Crippen LogP contribution in [0, 0.1) is 0 Å². The van der Waals surface area contributed by atoms with E-state index in [1.807, 2.05) is 54.6 Å². The Morgan fingerprint density at radius 1 is 0.913 bits per heavy atom. The number of aromatic amines is 1. The summed E-state index contributed by atoms with van der Waals surface area (Å²) >= 11 is 0. The second-order valence-corrected chi connectivity index (χ2v) is 5.25. The van der Waals surface area contributed by atoms with Crippen molar-refractivity contribution in [2.75, 3.05) is 0 Å². The Hall–Kier alpha value is -3.14. The van der Waals surface area contributed by atoms with E-state index in [4.69, 9.17) is 0 Å². The van der Waals surface area contributed by atoms with Crippen molar-refractivity contribution < 1.29 is 9.90 Å². The number of aromatic nitrogens is 1. The molecule has 0 bridgehead atoms. The molecule has 0 spiro atoms. The third-order valence-corrected chi connectivity index (χ3v) is 3.72. The van der Waals surface area contributed by atoms with Gasteiger partial charge in [-0.1, -0.05) is 54.6 Å². The summed E-state index contributed by atoms with van der Waals surface area (Å²) in [5.74, 6) is -1.21. The molecule has 0 atom stereocenters. The monoisotopic (exact) mass is 305 g/mol. The van der Waals surface area contributed by atoms with Crippen LogP contribution in [0.15, 0.2) is 71.7 Å². The number of H-pyrrole nitrogens is 1. The molecule has 0 aliphatic rings. The van der Waals surface area contributed by atoms with Gasteiger partial charge in [0.2, 0.25) is 0 Å². The summed E-state index contributed by atoms with van der Waals surface area (Å²) in [6, 6.07) is 19.6. The average Bonchev–Trinajstić information content (AvgIpc) is 2.56. The SMILES string of the molecule is O=C(O)c1c(Cc2ccc(-c3ccccc3)cc2)cc[nH]c1=O. The fourth-order valence-corrected chi connectivity index (χ4v) is 2.57. The van der Waals surface area contributed by atoms with Gasteiger partial charge in [-0.25, -0.2) is 4.79 Å². The second-order valence-electron chi connectivity index (χ2n) is 5.25. The van der Waals surface area contributed by atoms with Crippen molar-refractivity contribution in [2.45, 2.75) is 6.42 Å². The first kappa shape index (κ1) is 14.8. The fraction of sp³-hybridized carbons (Fsp3) is 0.0526. The lowest BCUT2D eigenvalue weighted by atomic mass is 9.98. The number of aromatic carboxylic acids is 1. The molecule has 4 heteroatoms. The highest BCUT2D eigenvalue weighted by atomic mass is 16.4. The zero-order chi connectivity index (χ0) is 16.2. The van der Waals surface area contributed by atoms with Crippen molar-refractivity contribution in [1.29, 1.82) is 0 Å². The number of hydrogen-bond donors (Lipinski definition) is 2. The molecule has 0 fully saturated rings. The maximum atomic E-state index is 11.7. The summed E-state index contributed by atoms with van der Waals surface area (Å²) in [5, 5.41) is 9.20. The quantitative estimate of drug-likeness (QED) is 0.776. The van der Waals surface area contributed by atoms with Gasteiger partial charge in [0.25, 0.3) is 5.56 Å². The van der Waals surface area contributed by atoms with Crippen molar-refractivity contribution in [3.63, 3.8) is 0 Å². The van der Waals surface area contributed by atoms with Gasteiger partial charge in [0.15, 0.2) is 0 Å². The fourth-order valence-electron chi connectivity index (χ4n) is 2.57. The molecule has 0 unspecified atom stereocenters. The van der Waals surface area contributed by atoms with Crippen molar-refractivity contribution in [3.05, 3.63) is 93.9 Å². The molecule has 0 aliphatic heterocycles. The Morgan fingerprint density at radius 2 is 1.57 bits per heavy atom. The predicted molar refractivity (Wildman–Crippen MR) is 88.7 cm³/mol. The van der Waals surface area contributed by atoms with Crippen molar-refractivity contribution in [1.82, 2.24) is 4.98 Å². The molecular formula is C19H15NO3. The Bertz CT molecular complexity index is 880. The van der Waals surface area contributed by atoms with E-state index in [1.54, 1.807) is 6.07 Å². The van der Waals surface area contributed by atoms with Crippen molar-refractivity contribution >= 4 is 5.97 Å². The molecule has 114 valence electrons. The summed E-state index contributed by atoms with van der Waals surface area (Å²) in [4.78, 5) is 25.3. The van der Waals surface area contributed by atoms with Gasteiger partial charge in [-0.2, -0.15) is 0 Å². The van der Waals surface area contributed by atoms with Gasteiger partial charge in [0.05, 0.1) is 0 Å². The average molecular weight is 305 g/mol. The minimum Gasteiger partial charge on any atom is -0.477 e. The minimum atomic E-state index is -1.21. The lowest BCUT2D eigenvalue weighted by molar-refractivity contribution is 0.0694. The van der Waals surface area contributed by atoms with E-state index in [9.17, 15) is 14.7 Å². The largest absolute Gasteiger partial charge is 0.477 e. The summed E-state index contributed by atoms with van der Waals surface area (Å²) in [5.41, 5.74) is 2.92. The van der Waals surface area contributed by atoms with Crippen LogP contribution in [0.2, 0.25) is 0 Å². The molecule has 0 saturated heterocycles. The number of rotatable bonds is 4. The zero-order valence-corrected chi connectivity index (χ0v) is 12.3. The number of carboxylic acids is 1. The van der Waals surface area contributed by atoms with Gasteiger partial charge in [-0.3, -0.25) is 4.79 Å². The zero-order valence-electron chi connectivity index (χ0n) is 12.3. The second kappa shape index (κ2) is 6.32. The van der Waals surface area contributed by atoms with E-state index in [0.717, 1.165) is 16.7 Å². The number of nitrogens with one attached hydrogen (secondary N) is 1. The number of benzene rings is 2. The summed E-state index contributed by atoms with van der Waals surface area (Å²) in [6.45, 7) is 0. The number of carbonyl (C=O) groups is 1. The molecule has 2 N–H and O–H groups in total. The van der Waals surface area contributed by atoms with E-state index in [2.05, 4.69) is 4.98 Å². The molecule has 0 saturated carbocycles. The molecule has 0 radical (unpaired) electrons. The van der Waals surface area contributed by atoms with Crippen molar-refractivity contribution in [3.8, 4) is 11.1 Å². The molecule has 1 heterocycles. The van der Waals surface area contributed by atoms with Crippen LogP contribution in [-0.2, 0) is 6.42 Å².